The first-order chi connectivity index (χ1) is 9.28. The number of hydrogen-bond donors (Lipinski definition) is 1. The molecule has 1 N–H and O–H groups in total. The minimum atomic E-state index is -0.0280. The van der Waals surface area contributed by atoms with Crippen molar-refractivity contribution in [2.75, 3.05) is 19.8 Å². The van der Waals surface area contributed by atoms with Gasteiger partial charge in [0.1, 0.15) is 0 Å². The molecule has 1 aliphatic heterocycles. The largest absolute Gasteiger partial charge is 0.350 e. The minimum Gasteiger partial charge on any atom is -0.350 e. The van der Waals surface area contributed by atoms with Crippen molar-refractivity contribution in [1.82, 2.24) is 5.32 Å². The van der Waals surface area contributed by atoms with Crippen LogP contribution in [-0.2, 0) is 15.9 Å². The Hall–Kier alpha value is -0.900. The normalized spacial score (nSPS) is 17.8. The van der Waals surface area contributed by atoms with Gasteiger partial charge >= 0.3 is 0 Å². The first-order valence-electron chi connectivity index (χ1n) is 7.30. The Bertz CT molecular complexity index is 358. The van der Waals surface area contributed by atoms with Crippen LogP contribution in [0.2, 0.25) is 0 Å². The summed E-state index contributed by atoms with van der Waals surface area (Å²) in [6.07, 6.45) is 3.08. The van der Waals surface area contributed by atoms with Gasteiger partial charge in [0.2, 0.25) is 0 Å². The minimum absolute atomic E-state index is 0.0280. The smallest absolute Gasteiger partial charge is 0.159 e. The first kappa shape index (κ1) is 14.5. The molecule has 1 fully saturated rings. The highest BCUT2D eigenvalue weighted by molar-refractivity contribution is 5.22. The van der Waals surface area contributed by atoms with Crippen molar-refractivity contribution in [2.24, 2.45) is 0 Å². The van der Waals surface area contributed by atoms with Gasteiger partial charge in [0.25, 0.3) is 0 Å². The maximum atomic E-state index is 5.56. The lowest BCUT2D eigenvalue weighted by molar-refractivity contribution is -0.0526. The standard InChI is InChI=1S/C16H25NO2/c1-3-8-17-15(12-16-18-9-10-19-16)11-14-6-4-13(2)5-7-14/h4-7,15-17H,3,8-12H2,1-2H3. The summed E-state index contributed by atoms with van der Waals surface area (Å²) in [5.41, 5.74) is 2.68. The Morgan fingerprint density at radius 2 is 1.89 bits per heavy atom. The molecule has 19 heavy (non-hydrogen) atoms. The average molecular weight is 263 g/mol. The van der Waals surface area contributed by atoms with E-state index in [0.717, 1.165) is 39.0 Å². The quantitative estimate of drug-likeness (QED) is 0.820. The molecule has 0 bridgehead atoms. The van der Waals surface area contributed by atoms with Crippen LogP contribution in [0.25, 0.3) is 0 Å². The molecule has 0 aliphatic carbocycles. The van der Waals surface area contributed by atoms with Crippen LogP contribution in [0.5, 0.6) is 0 Å². The van der Waals surface area contributed by atoms with Crippen LogP contribution in [0.4, 0.5) is 0 Å². The van der Waals surface area contributed by atoms with Crippen LogP contribution >= 0.6 is 0 Å². The third-order valence-corrected chi connectivity index (χ3v) is 3.45. The fraction of sp³-hybridized carbons (Fsp3) is 0.625. The van der Waals surface area contributed by atoms with Crippen LogP contribution in [0.15, 0.2) is 24.3 Å². The zero-order valence-corrected chi connectivity index (χ0v) is 12.0. The molecule has 1 saturated heterocycles. The third-order valence-electron chi connectivity index (χ3n) is 3.45. The second kappa shape index (κ2) is 7.63. The number of aryl methyl sites for hydroxylation is 1. The van der Waals surface area contributed by atoms with Gasteiger partial charge in [-0.15, -0.1) is 0 Å². The van der Waals surface area contributed by atoms with Crippen molar-refractivity contribution in [3.63, 3.8) is 0 Å². The lowest BCUT2D eigenvalue weighted by Gasteiger charge is -2.21. The Labute approximate surface area is 116 Å². The predicted molar refractivity (Wildman–Crippen MR) is 77.3 cm³/mol. The SMILES string of the molecule is CCCNC(Cc1ccc(C)cc1)CC1OCCO1. The average Bonchev–Trinajstić information content (AvgIpc) is 2.91. The van der Waals surface area contributed by atoms with E-state index in [4.69, 9.17) is 9.47 Å². The van der Waals surface area contributed by atoms with Gasteiger partial charge in [-0.2, -0.15) is 0 Å². The van der Waals surface area contributed by atoms with Crippen LogP contribution in [0.1, 0.15) is 30.9 Å². The molecule has 0 spiro atoms. The van der Waals surface area contributed by atoms with E-state index in [9.17, 15) is 0 Å². The molecule has 1 aromatic rings. The van der Waals surface area contributed by atoms with E-state index >= 15 is 0 Å². The fourth-order valence-corrected chi connectivity index (χ4v) is 2.37. The predicted octanol–water partition coefficient (Wildman–Crippen LogP) is 2.67. The summed E-state index contributed by atoms with van der Waals surface area (Å²) in [6, 6.07) is 9.20. The summed E-state index contributed by atoms with van der Waals surface area (Å²) in [4.78, 5) is 0. The van der Waals surface area contributed by atoms with Gasteiger partial charge in [0, 0.05) is 12.5 Å². The van der Waals surface area contributed by atoms with Crippen LogP contribution < -0.4 is 5.32 Å². The monoisotopic (exact) mass is 263 g/mol. The molecule has 1 heterocycles. The van der Waals surface area contributed by atoms with Crippen molar-refractivity contribution in [3.05, 3.63) is 35.4 Å². The molecule has 0 amide bonds. The van der Waals surface area contributed by atoms with Gasteiger partial charge in [0.15, 0.2) is 6.29 Å². The van der Waals surface area contributed by atoms with E-state index in [1.54, 1.807) is 0 Å². The molecule has 3 heteroatoms. The molecule has 1 aromatic carbocycles. The summed E-state index contributed by atoms with van der Waals surface area (Å²) in [7, 11) is 0. The molecule has 3 nitrogen and oxygen atoms in total. The van der Waals surface area contributed by atoms with Crippen LogP contribution in [0, 0.1) is 6.92 Å². The Kier molecular flexibility index (Phi) is 5.83. The number of benzene rings is 1. The summed E-state index contributed by atoms with van der Waals surface area (Å²) >= 11 is 0. The highest BCUT2D eigenvalue weighted by atomic mass is 16.7. The molecule has 2 rings (SSSR count). The van der Waals surface area contributed by atoms with Crippen LogP contribution in [-0.4, -0.2) is 32.1 Å². The van der Waals surface area contributed by atoms with Crippen LogP contribution in [0.3, 0.4) is 0 Å². The molecular weight excluding hydrogens is 238 g/mol. The van der Waals surface area contributed by atoms with Crippen molar-refractivity contribution in [2.45, 2.75) is 45.4 Å². The van der Waals surface area contributed by atoms with Gasteiger partial charge in [-0.25, -0.2) is 0 Å². The molecule has 1 unspecified atom stereocenters. The van der Waals surface area contributed by atoms with E-state index in [2.05, 4.69) is 43.4 Å². The van der Waals surface area contributed by atoms with Crippen molar-refractivity contribution in [1.29, 1.82) is 0 Å². The highest BCUT2D eigenvalue weighted by Crippen LogP contribution is 2.14. The number of hydrogen-bond acceptors (Lipinski definition) is 3. The molecule has 0 radical (unpaired) electrons. The topological polar surface area (TPSA) is 30.5 Å². The lowest BCUT2D eigenvalue weighted by Crippen LogP contribution is -2.35. The molecular formula is C16H25NO2. The molecule has 106 valence electrons. The maximum absolute atomic E-state index is 5.56. The Balaban J connectivity index is 1.89. The van der Waals surface area contributed by atoms with Gasteiger partial charge < -0.3 is 14.8 Å². The molecule has 0 saturated carbocycles. The van der Waals surface area contributed by atoms with Crippen molar-refractivity contribution < 1.29 is 9.47 Å². The van der Waals surface area contributed by atoms with Gasteiger partial charge in [-0.3, -0.25) is 0 Å². The first-order valence-corrected chi connectivity index (χ1v) is 7.30. The van der Waals surface area contributed by atoms with Gasteiger partial charge in [-0.05, 0) is 31.9 Å². The highest BCUT2D eigenvalue weighted by Gasteiger charge is 2.21. The van der Waals surface area contributed by atoms with E-state index < -0.39 is 0 Å². The third kappa shape index (κ3) is 4.94. The number of nitrogens with one attached hydrogen (secondary N) is 1. The number of rotatable bonds is 7. The van der Waals surface area contributed by atoms with Gasteiger partial charge in [-0.1, -0.05) is 36.8 Å². The zero-order valence-electron chi connectivity index (χ0n) is 12.0. The van der Waals surface area contributed by atoms with Crippen molar-refractivity contribution in [3.8, 4) is 0 Å². The van der Waals surface area contributed by atoms with Gasteiger partial charge in [0.05, 0.1) is 13.2 Å². The van der Waals surface area contributed by atoms with E-state index in [-0.39, 0.29) is 6.29 Å². The summed E-state index contributed by atoms with van der Waals surface area (Å²) < 4.78 is 11.1. The zero-order chi connectivity index (χ0) is 13.5. The molecule has 1 aliphatic rings. The molecule has 0 aromatic heterocycles. The maximum Gasteiger partial charge on any atom is 0.159 e. The Morgan fingerprint density at radius 1 is 1.21 bits per heavy atom. The lowest BCUT2D eigenvalue weighted by atomic mass is 10.0. The number of ether oxygens (including phenoxy) is 2. The van der Waals surface area contributed by atoms with E-state index in [0.29, 0.717) is 6.04 Å². The second-order valence-electron chi connectivity index (χ2n) is 5.25. The summed E-state index contributed by atoms with van der Waals surface area (Å²) in [5, 5.41) is 3.60. The fourth-order valence-electron chi connectivity index (χ4n) is 2.37. The van der Waals surface area contributed by atoms with Crippen molar-refractivity contribution >= 4 is 0 Å². The summed E-state index contributed by atoms with van der Waals surface area (Å²) in [5.74, 6) is 0. The Morgan fingerprint density at radius 3 is 2.53 bits per heavy atom. The second-order valence-corrected chi connectivity index (χ2v) is 5.25. The summed E-state index contributed by atoms with van der Waals surface area (Å²) in [6.45, 7) is 6.82. The molecule has 1 atom stereocenters. The van der Waals surface area contributed by atoms with E-state index in [1.807, 2.05) is 0 Å². The van der Waals surface area contributed by atoms with E-state index in [1.165, 1.54) is 11.1 Å².